The third-order valence-corrected chi connectivity index (χ3v) is 3.37. The standard InChI is InChI=1S/C13H21N3/c1-11(13-10-14-8-9-15-13)16-12-6-4-2-3-5-7-12/h8-12,16H,2-7H2,1H3. The molecule has 1 saturated carbocycles. The summed E-state index contributed by atoms with van der Waals surface area (Å²) in [6.07, 6.45) is 13.5. The van der Waals surface area contributed by atoms with Crippen molar-refractivity contribution in [2.45, 2.75) is 57.5 Å². The topological polar surface area (TPSA) is 37.8 Å². The van der Waals surface area contributed by atoms with E-state index in [1.54, 1.807) is 12.4 Å². The van der Waals surface area contributed by atoms with Crippen LogP contribution in [0.3, 0.4) is 0 Å². The van der Waals surface area contributed by atoms with Gasteiger partial charge in [0.25, 0.3) is 0 Å². The van der Waals surface area contributed by atoms with Crippen LogP contribution in [0.2, 0.25) is 0 Å². The number of nitrogens with one attached hydrogen (secondary N) is 1. The average molecular weight is 219 g/mol. The van der Waals surface area contributed by atoms with Crippen LogP contribution in [0.15, 0.2) is 18.6 Å². The van der Waals surface area contributed by atoms with Crippen molar-refractivity contribution in [3.8, 4) is 0 Å². The monoisotopic (exact) mass is 219 g/mol. The Morgan fingerprint density at radius 2 is 1.94 bits per heavy atom. The van der Waals surface area contributed by atoms with Gasteiger partial charge in [-0.25, -0.2) is 0 Å². The van der Waals surface area contributed by atoms with E-state index in [1.165, 1.54) is 38.5 Å². The van der Waals surface area contributed by atoms with Crippen LogP contribution in [0.5, 0.6) is 0 Å². The van der Waals surface area contributed by atoms with E-state index in [-0.39, 0.29) is 0 Å². The first kappa shape index (κ1) is 11.5. The number of hydrogen-bond donors (Lipinski definition) is 1. The molecule has 1 aromatic rings. The molecule has 3 heteroatoms. The van der Waals surface area contributed by atoms with Crippen LogP contribution >= 0.6 is 0 Å². The lowest BCUT2D eigenvalue weighted by Gasteiger charge is -2.21. The van der Waals surface area contributed by atoms with E-state index in [2.05, 4.69) is 22.2 Å². The summed E-state index contributed by atoms with van der Waals surface area (Å²) in [5.41, 5.74) is 1.05. The molecule has 2 rings (SSSR count). The highest BCUT2D eigenvalue weighted by molar-refractivity contribution is 5.01. The van der Waals surface area contributed by atoms with Gasteiger partial charge in [0.1, 0.15) is 0 Å². The van der Waals surface area contributed by atoms with Crippen LogP contribution in [0.4, 0.5) is 0 Å². The number of rotatable bonds is 3. The molecule has 0 aromatic carbocycles. The number of aromatic nitrogens is 2. The fraction of sp³-hybridized carbons (Fsp3) is 0.692. The van der Waals surface area contributed by atoms with Crippen molar-refractivity contribution in [2.75, 3.05) is 0 Å². The Balaban J connectivity index is 1.88. The lowest BCUT2D eigenvalue weighted by atomic mass is 10.1. The molecule has 0 amide bonds. The Morgan fingerprint density at radius 3 is 2.56 bits per heavy atom. The van der Waals surface area contributed by atoms with Crippen molar-refractivity contribution in [1.82, 2.24) is 15.3 Å². The summed E-state index contributed by atoms with van der Waals surface area (Å²) in [5.74, 6) is 0. The summed E-state index contributed by atoms with van der Waals surface area (Å²) >= 11 is 0. The minimum atomic E-state index is 0.316. The van der Waals surface area contributed by atoms with Gasteiger partial charge in [-0.05, 0) is 19.8 Å². The van der Waals surface area contributed by atoms with Gasteiger partial charge < -0.3 is 5.32 Å². The number of hydrogen-bond acceptors (Lipinski definition) is 3. The highest BCUT2D eigenvalue weighted by Crippen LogP contribution is 2.19. The molecule has 1 N–H and O–H groups in total. The highest BCUT2D eigenvalue weighted by atomic mass is 15.0. The van der Waals surface area contributed by atoms with Crippen LogP contribution in [-0.4, -0.2) is 16.0 Å². The van der Waals surface area contributed by atoms with Crippen LogP contribution in [0.25, 0.3) is 0 Å². The minimum absolute atomic E-state index is 0.316. The molecule has 1 atom stereocenters. The Kier molecular flexibility index (Phi) is 4.28. The Hall–Kier alpha value is -0.960. The molecule has 0 bridgehead atoms. The van der Waals surface area contributed by atoms with Gasteiger partial charge in [0, 0.05) is 30.7 Å². The molecule has 16 heavy (non-hydrogen) atoms. The largest absolute Gasteiger partial charge is 0.306 e. The van der Waals surface area contributed by atoms with Gasteiger partial charge in [0.15, 0.2) is 0 Å². The summed E-state index contributed by atoms with van der Waals surface area (Å²) in [4.78, 5) is 8.46. The maximum absolute atomic E-state index is 4.34. The van der Waals surface area contributed by atoms with Crippen molar-refractivity contribution >= 4 is 0 Å². The van der Waals surface area contributed by atoms with Gasteiger partial charge >= 0.3 is 0 Å². The van der Waals surface area contributed by atoms with E-state index in [9.17, 15) is 0 Å². The third-order valence-electron chi connectivity index (χ3n) is 3.37. The predicted octanol–water partition coefficient (Wildman–Crippen LogP) is 2.85. The molecule has 1 aromatic heterocycles. The van der Waals surface area contributed by atoms with E-state index in [4.69, 9.17) is 0 Å². The van der Waals surface area contributed by atoms with Crippen molar-refractivity contribution < 1.29 is 0 Å². The van der Waals surface area contributed by atoms with Gasteiger partial charge in [-0.3, -0.25) is 9.97 Å². The normalized spacial score (nSPS) is 20.3. The molecule has 1 unspecified atom stereocenters. The summed E-state index contributed by atoms with van der Waals surface area (Å²) in [7, 11) is 0. The van der Waals surface area contributed by atoms with E-state index >= 15 is 0 Å². The maximum Gasteiger partial charge on any atom is 0.0753 e. The maximum atomic E-state index is 4.34. The molecule has 1 aliphatic rings. The van der Waals surface area contributed by atoms with Crippen molar-refractivity contribution in [1.29, 1.82) is 0 Å². The first-order chi connectivity index (χ1) is 7.86. The molecule has 1 heterocycles. The first-order valence-corrected chi connectivity index (χ1v) is 6.38. The molecule has 1 fully saturated rings. The summed E-state index contributed by atoms with van der Waals surface area (Å²) in [6, 6.07) is 0.983. The minimum Gasteiger partial charge on any atom is -0.306 e. The molecular formula is C13H21N3. The fourth-order valence-electron chi connectivity index (χ4n) is 2.42. The lowest BCUT2D eigenvalue weighted by molar-refractivity contribution is 0.409. The van der Waals surface area contributed by atoms with Crippen LogP contribution in [0, 0.1) is 0 Å². The Labute approximate surface area is 97.7 Å². The predicted molar refractivity (Wildman–Crippen MR) is 65.1 cm³/mol. The average Bonchev–Trinajstić information content (AvgIpc) is 2.59. The fourth-order valence-corrected chi connectivity index (χ4v) is 2.42. The van der Waals surface area contributed by atoms with Crippen molar-refractivity contribution in [3.05, 3.63) is 24.3 Å². The zero-order valence-corrected chi connectivity index (χ0v) is 10.0. The zero-order chi connectivity index (χ0) is 11.2. The summed E-state index contributed by atoms with van der Waals surface area (Å²) in [5, 5.41) is 3.67. The van der Waals surface area contributed by atoms with Gasteiger partial charge in [0.05, 0.1) is 5.69 Å². The van der Waals surface area contributed by atoms with Crippen LogP contribution in [-0.2, 0) is 0 Å². The summed E-state index contributed by atoms with van der Waals surface area (Å²) < 4.78 is 0. The molecule has 0 radical (unpaired) electrons. The highest BCUT2D eigenvalue weighted by Gasteiger charge is 2.15. The summed E-state index contributed by atoms with van der Waals surface area (Å²) in [6.45, 7) is 2.18. The zero-order valence-electron chi connectivity index (χ0n) is 10.0. The second-order valence-electron chi connectivity index (χ2n) is 4.71. The van der Waals surface area contributed by atoms with Gasteiger partial charge in [-0.1, -0.05) is 25.7 Å². The SMILES string of the molecule is CC(NC1CCCCCC1)c1cnccn1. The third kappa shape index (κ3) is 3.27. The molecule has 0 saturated heterocycles. The van der Waals surface area contributed by atoms with Gasteiger partial charge in [0.2, 0.25) is 0 Å². The van der Waals surface area contributed by atoms with E-state index in [0.717, 1.165) is 5.69 Å². The molecule has 88 valence electrons. The quantitative estimate of drug-likeness (QED) is 0.794. The molecule has 1 aliphatic carbocycles. The first-order valence-electron chi connectivity index (χ1n) is 6.38. The van der Waals surface area contributed by atoms with E-state index in [1.807, 2.05) is 6.20 Å². The molecular weight excluding hydrogens is 198 g/mol. The van der Waals surface area contributed by atoms with E-state index < -0.39 is 0 Å². The van der Waals surface area contributed by atoms with Gasteiger partial charge in [-0.15, -0.1) is 0 Å². The van der Waals surface area contributed by atoms with Crippen molar-refractivity contribution in [2.24, 2.45) is 0 Å². The molecule has 0 spiro atoms. The smallest absolute Gasteiger partial charge is 0.0753 e. The second kappa shape index (κ2) is 5.94. The molecule has 3 nitrogen and oxygen atoms in total. The second-order valence-corrected chi connectivity index (χ2v) is 4.71. The molecule has 0 aliphatic heterocycles. The van der Waals surface area contributed by atoms with Crippen LogP contribution in [0.1, 0.15) is 57.2 Å². The van der Waals surface area contributed by atoms with Crippen molar-refractivity contribution in [3.63, 3.8) is 0 Å². The van der Waals surface area contributed by atoms with E-state index in [0.29, 0.717) is 12.1 Å². The number of nitrogens with zero attached hydrogens (tertiary/aromatic N) is 2. The Morgan fingerprint density at radius 1 is 1.19 bits per heavy atom. The lowest BCUT2D eigenvalue weighted by Crippen LogP contribution is -2.31. The van der Waals surface area contributed by atoms with Crippen LogP contribution < -0.4 is 5.32 Å². The van der Waals surface area contributed by atoms with Gasteiger partial charge in [-0.2, -0.15) is 0 Å². The Bertz CT molecular complexity index is 291.